The summed E-state index contributed by atoms with van der Waals surface area (Å²) in [4.78, 5) is 6.97. The summed E-state index contributed by atoms with van der Waals surface area (Å²) in [5, 5.41) is 6.95. The van der Waals surface area contributed by atoms with Gasteiger partial charge in [-0.05, 0) is 56.8 Å². The number of halogens is 1. The highest BCUT2D eigenvalue weighted by atomic mass is 127. The summed E-state index contributed by atoms with van der Waals surface area (Å²) in [6, 6.07) is 8.90. The number of rotatable bonds is 7. The smallest absolute Gasteiger partial charge is 0.213 e. The Bertz CT molecular complexity index is 817. The molecule has 0 bridgehead atoms. The van der Waals surface area contributed by atoms with Gasteiger partial charge in [-0.25, -0.2) is 12.7 Å². The average Bonchev–Trinajstić information content (AvgIpc) is 3.06. The fourth-order valence-corrected chi connectivity index (χ4v) is 5.58. The normalized spacial score (nSPS) is 19.8. The third-order valence-corrected chi connectivity index (χ3v) is 8.32. The van der Waals surface area contributed by atoms with Gasteiger partial charge in [0, 0.05) is 39.3 Å². The summed E-state index contributed by atoms with van der Waals surface area (Å²) in [6.45, 7) is 6.97. The van der Waals surface area contributed by atoms with Crippen molar-refractivity contribution in [1.29, 1.82) is 0 Å². The topological polar surface area (TPSA) is 77.0 Å². The molecule has 0 spiro atoms. The number of guanidine groups is 1. The van der Waals surface area contributed by atoms with Gasteiger partial charge >= 0.3 is 0 Å². The van der Waals surface area contributed by atoms with E-state index in [2.05, 4.69) is 44.8 Å². The molecule has 0 aliphatic carbocycles. The number of hydrogen-bond acceptors (Lipinski definition) is 4. The lowest BCUT2D eigenvalue weighted by Gasteiger charge is -2.32. The first-order valence-electron chi connectivity index (χ1n) is 11.8. The third-order valence-electron chi connectivity index (χ3n) is 6.43. The fraction of sp³-hybridized carbons (Fsp3) is 0.696. The van der Waals surface area contributed by atoms with Crippen LogP contribution < -0.4 is 10.6 Å². The predicted molar refractivity (Wildman–Crippen MR) is 143 cm³/mol. The van der Waals surface area contributed by atoms with Crippen molar-refractivity contribution in [3.63, 3.8) is 0 Å². The Labute approximate surface area is 211 Å². The molecule has 3 rings (SSSR count). The van der Waals surface area contributed by atoms with Crippen molar-refractivity contribution in [3.05, 3.63) is 35.4 Å². The van der Waals surface area contributed by atoms with Gasteiger partial charge < -0.3 is 10.6 Å². The lowest BCUT2D eigenvalue weighted by molar-refractivity contribution is 0.276. The van der Waals surface area contributed by atoms with Crippen molar-refractivity contribution >= 4 is 40.0 Å². The van der Waals surface area contributed by atoms with Crippen LogP contribution in [0.3, 0.4) is 0 Å². The first kappa shape index (κ1) is 27.3. The SMILES string of the molecule is CCS(=O)(=O)N1CCC(NC(=NC)NCc2ccccc2CN2CCCCCC2)CC1.I. The second-order valence-corrected chi connectivity index (χ2v) is 10.9. The van der Waals surface area contributed by atoms with Gasteiger partial charge in [0.05, 0.1) is 5.75 Å². The van der Waals surface area contributed by atoms with E-state index in [4.69, 9.17) is 0 Å². The van der Waals surface area contributed by atoms with Crippen molar-refractivity contribution in [2.45, 2.75) is 64.6 Å². The summed E-state index contributed by atoms with van der Waals surface area (Å²) in [5.74, 6) is 0.951. The molecular weight excluding hydrogens is 537 g/mol. The van der Waals surface area contributed by atoms with Gasteiger partial charge in [0.15, 0.2) is 5.96 Å². The van der Waals surface area contributed by atoms with Gasteiger partial charge in [0.1, 0.15) is 0 Å². The van der Waals surface area contributed by atoms with Crippen LogP contribution in [0.4, 0.5) is 0 Å². The minimum Gasteiger partial charge on any atom is -0.354 e. The second kappa shape index (κ2) is 13.7. The van der Waals surface area contributed by atoms with Gasteiger partial charge in [0.25, 0.3) is 0 Å². The van der Waals surface area contributed by atoms with Crippen molar-refractivity contribution in [2.24, 2.45) is 4.99 Å². The lowest BCUT2D eigenvalue weighted by Crippen LogP contribution is -2.49. The Morgan fingerprint density at radius 3 is 2.25 bits per heavy atom. The van der Waals surface area contributed by atoms with Crippen LogP contribution in [0.2, 0.25) is 0 Å². The molecule has 9 heteroatoms. The first-order chi connectivity index (χ1) is 15.0. The molecule has 2 aliphatic rings. The standard InChI is InChI=1S/C23H39N5O2S.HI/c1-3-31(29,30)28-16-12-22(13-17-28)26-23(24-2)25-18-20-10-6-7-11-21(20)19-27-14-8-4-5-9-15-27;/h6-7,10-11,22H,3-5,8-9,12-19H2,1-2H3,(H2,24,25,26);1H. The van der Waals surface area contributed by atoms with E-state index in [-0.39, 0.29) is 35.8 Å². The highest BCUT2D eigenvalue weighted by Gasteiger charge is 2.27. The van der Waals surface area contributed by atoms with E-state index in [1.165, 1.54) is 49.9 Å². The number of benzene rings is 1. The molecule has 0 unspecified atom stereocenters. The Morgan fingerprint density at radius 2 is 1.66 bits per heavy atom. The maximum Gasteiger partial charge on any atom is 0.213 e. The van der Waals surface area contributed by atoms with Crippen LogP contribution in [0.15, 0.2) is 29.3 Å². The van der Waals surface area contributed by atoms with Gasteiger partial charge in [-0.1, -0.05) is 37.1 Å². The number of piperidine rings is 1. The summed E-state index contributed by atoms with van der Waals surface area (Å²) in [5.41, 5.74) is 2.68. The highest BCUT2D eigenvalue weighted by Crippen LogP contribution is 2.17. The summed E-state index contributed by atoms with van der Waals surface area (Å²) in [7, 11) is -1.30. The van der Waals surface area contributed by atoms with Crippen LogP contribution in [0.25, 0.3) is 0 Å². The molecule has 2 saturated heterocycles. The molecule has 0 atom stereocenters. The molecule has 0 aromatic heterocycles. The molecule has 1 aromatic rings. The van der Waals surface area contributed by atoms with Gasteiger partial charge in [-0.2, -0.15) is 0 Å². The second-order valence-electron chi connectivity index (χ2n) is 8.60. The van der Waals surface area contributed by atoms with Gasteiger partial charge in [0.2, 0.25) is 10.0 Å². The minimum absolute atomic E-state index is 0. The molecule has 1 aromatic carbocycles. The fourth-order valence-electron chi connectivity index (χ4n) is 4.45. The van der Waals surface area contributed by atoms with Crippen LogP contribution in [0, 0.1) is 0 Å². The number of nitrogens with zero attached hydrogens (tertiary/aromatic N) is 3. The van der Waals surface area contributed by atoms with Crippen molar-refractivity contribution in [2.75, 3.05) is 39.0 Å². The lowest BCUT2D eigenvalue weighted by atomic mass is 10.1. The zero-order chi connectivity index (χ0) is 22.1. The Hall–Kier alpha value is -0.910. The van der Waals surface area contributed by atoms with E-state index < -0.39 is 10.0 Å². The predicted octanol–water partition coefficient (Wildman–Crippen LogP) is 3.16. The van der Waals surface area contributed by atoms with Crippen LogP contribution in [-0.2, 0) is 23.1 Å². The molecule has 2 N–H and O–H groups in total. The Morgan fingerprint density at radius 1 is 1.03 bits per heavy atom. The van der Waals surface area contributed by atoms with E-state index in [1.807, 2.05) is 0 Å². The summed E-state index contributed by atoms with van der Waals surface area (Å²) in [6.07, 6.45) is 6.90. The maximum absolute atomic E-state index is 12.1. The van der Waals surface area contributed by atoms with Crippen molar-refractivity contribution < 1.29 is 8.42 Å². The number of likely N-dealkylation sites (tertiary alicyclic amines) is 1. The molecule has 0 radical (unpaired) electrons. The Kier molecular flexibility index (Phi) is 11.7. The maximum atomic E-state index is 12.1. The van der Waals surface area contributed by atoms with E-state index >= 15 is 0 Å². The summed E-state index contributed by atoms with van der Waals surface area (Å²) < 4.78 is 25.7. The van der Waals surface area contributed by atoms with E-state index in [0.717, 1.165) is 31.9 Å². The van der Waals surface area contributed by atoms with E-state index in [1.54, 1.807) is 18.3 Å². The molecule has 0 amide bonds. The number of hydrogen-bond donors (Lipinski definition) is 2. The van der Waals surface area contributed by atoms with Crippen LogP contribution >= 0.6 is 24.0 Å². The molecule has 182 valence electrons. The molecule has 0 saturated carbocycles. The Balaban J connectivity index is 0.00000363. The van der Waals surface area contributed by atoms with Crippen molar-refractivity contribution in [3.8, 4) is 0 Å². The van der Waals surface area contributed by atoms with E-state index in [9.17, 15) is 8.42 Å². The van der Waals surface area contributed by atoms with E-state index in [0.29, 0.717) is 13.1 Å². The highest BCUT2D eigenvalue weighted by molar-refractivity contribution is 14.0. The third kappa shape index (κ3) is 8.14. The number of nitrogens with one attached hydrogen (secondary N) is 2. The average molecular weight is 578 g/mol. The quantitative estimate of drug-likeness (QED) is 0.296. The molecule has 2 aliphatic heterocycles. The largest absolute Gasteiger partial charge is 0.354 e. The zero-order valence-corrected chi connectivity index (χ0v) is 22.7. The molecule has 2 heterocycles. The monoisotopic (exact) mass is 577 g/mol. The van der Waals surface area contributed by atoms with Crippen LogP contribution in [-0.4, -0.2) is 68.6 Å². The summed E-state index contributed by atoms with van der Waals surface area (Å²) >= 11 is 0. The molecular formula is C23H40IN5O2S. The first-order valence-corrected chi connectivity index (χ1v) is 13.4. The van der Waals surface area contributed by atoms with Crippen molar-refractivity contribution in [1.82, 2.24) is 19.8 Å². The minimum atomic E-state index is -3.09. The number of aliphatic imine (C=N–C) groups is 1. The number of sulfonamides is 1. The zero-order valence-electron chi connectivity index (χ0n) is 19.6. The molecule has 32 heavy (non-hydrogen) atoms. The molecule has 7 nitrogen and oxygen atoms in total. The van der Waals surface area contributed by atoms with Crippen LogP contribution in [0.5, 0.6) is 0 Å². The van der Waals surface area contributed by atoms with Gasteiger partial charge in [-0.15, -0.1) is 24.0 Å². The molecule has 2 fully saturated rings. The van der Waals surface area contributed by atoms with Crippen LogP contribution in [0.1, 0.15) is 56.6 Å². The van der Waals surface area contributed by atoms with Gasteiger partial charge in [-0.3, -0.25) is 9.89 Å².